The van der Waals surface area contributed by atoms with Gasteiger partial charge in [-0.1, -0.05) is 23.9 Å². The van der Waals surface area contributed by atoms with E-state index in [2.05, 4.69) is 20.4 Å². The van der Waals surface area contributed by atoms with E-state index in [1.54, 1.807) is 6.26 Å². The molecule has 1 amide bonds. The molecule has 0 radical (unpaired) electrons. The largest absolute Gasteiger partial charge is 0.486 e. The lowest BCUT2D eigenvalue weighted by Crippen LogP contribution is -2.41. The Labute approximate surface area is 196 Å². The van der Waals surface area contributed by atoms with Gasteiger partial charge < -0.3 is 24.1 Å². The summed E-state index contributed by atoms with van der Waals surface area (Å²) < 4.78 is 19.2. The number of fused-ring (bicyclic) bond motifs is 1. The van der Waals surface area contributed by atoms with Gasteiger partial charge in [0.05, 0.1) is 25.1 Å². The molecule has 2 aromatic heterocycles. The summed E-state index contributed by atoms with van der Waals surface area (Å²) in [5.41, 5.74) is 0. The van der Waals surface area contributed by atoms with Gasteiger partial charge in [0, 0.05) is 13.1 Å². The molecule has 5 rings (SSSR count). The van der Waals surface area contributed by atoms with E-state index in [1.807, 2.05) is 41.0 Å². The summed E-state index contributed by atoms with van der Waals surface area (Å²) in [6.45, 7) is 3.25. The van der Waals surface area contributed by atoms with Crippen LogP contribution in [0.25, 0.3) is 0 Å². The number of rotatable bonds is 8. The molecule has 0 bridgehead atoms. The number of hydrogen-bond donors (Lipinski definition) is 1. The van der Waals surface area contributed by atoms with Crippen LogP contribution < -0.4 is 19.7 Å². The minimum atomic E-state index is -0.220. The average Bonchev–Trinajstić information content (AvgIpc) is 3.52. The van der Waals surface area contributed by atoms with Crippen molar-refractivity contribution in [1.29, 1.82) is 0 Å². The van der Waals surface area contributed by atoms with E-state index in [0.717, 1.165) is 43.4 Å². The van der Waals surface area contributed by atoms with Crippen LogP contribution in [0.1, 0.15) is 25.0 Å². The van der Waals surface area contributed by atoms with Crippen molar-refractivity contribution >= 4 is 23.6 Å². The summed E-state index contributed by atoms with van der Waals surface area (Å²) in [5.74, 6) is 3.24. The van der Waals surface area contributed by atoms with E-state index in [9.17, 15) is 4.79 Å². The number of thioether (sulfide) groups is 1. The number of furan rings is 1. The van der Waals surface area contributed by atoms with Crippen molar-refractivity contribution in [3.63, 3.8) is 0 Å². The summed E-state index contributed by atoms with van der Waals surface area (Å²) in [5, 5.41) is 12.5. The van der Waals surface area contributed by atoms with E-state index in [1.165, 1.54) is 18.2 Å². The molecule has 3 aromatic rings. The third kappa shape index (κ3) is 5.27. The van der Waals surface area contributed by atoms with Crippen molar-refractivity contribution in [1.82, 2.24) is 20.1 Å². The van der Waals surface area contributed by atoms with Gasteiger partial charge in [-0.2, -0.15) is 0 Å². The highest BCUT2D eigenvalue weighted by Crippen LogP contribution is 2.30. The first-order chi connectivity index (χ1) is 16.3. The molecular weight excluding hydrogens is 442 g/mol. The Morgan fingerprint density at radius 1 is 1.09 bits per heavy atom. The lowest BCUT2D eigenvalue weighted by molar-refractivity contribution is -0.119. The van der Waals surface area contributed by atoms with E-state index in [-0.39, 0.29) is 17.8 Å². The second kappa shape index (κ2) is 10.2. The van der Waals surface area contributed by atoms with Crippen LogP contribution in [0.2, 0.25) is 0 Å². The number of benzene rings is 1. The lowest BCUT2D eigenvalue weighted by Gasteiger charge is -2.27. The third-order valence-electron chi connectivity index (χ3n) is 5.66. The fraction of sp³-hybridized carbons (Fsp3) is 0.435. The number of nitrogens with one attached hydrogen (secondary N) is 1. The topological polar surface area (TPSA) is 94.7 Å². The number of nitrogens with zero attached hydrogens (tertiary/aromatic N) is 4. The predicted octanol–water partition coefficient (Wildman–Crippen LogP) is 2.96. The quantitative estimate of drug-likeness (QED) is 0.503. The van der Waals surface area contributed by atoms with Gasteiger partial charge in [-0.05, 0) is 43.5 Å². The lowest BCUT2D eigenvalue weighted by atomic mass is 10.1. The normalized spacial score (nSPS) is 17.7. The number of anilines is 1. The molecular formula is C23H27N5O4S. The van der Waals surface area contributed by atoms with E-state index < -0.39 is 0 Å². The standard InChI is InChI=1S/C23H27N5O4S/c29-21(24-13-18-15-31-19-8-2-3-9-20(19)32-18)16-33-23-26-25-22(27-10-4-1-5-11-27)28(23)14-17-7-6-12-30-17/h2-3,6-9,12,18H,1,4-5,10-11,13-16H2,(H,24,29). The van der Waals surface area contributed by atoms with E-state index >= 15 is 0 Å². The van der Waals surface area contributed by atoms with Gasteiger partial charge in [0.1, 0.15) is 18.5 Å². The smallest absolute Gasteiger partial charge is 0.230 e. The van der Waals surface area contributed by atoms with Gasteiger partial charge in [0.2, 0.25) is 11.9 Å². The van der Waals surface area contributed by atoms with Crippen LogP contribution in [0.5, 0.6) is 11.5 Å². The highest BCUT2D eigenvalue weighted by atomic mass is 32.2. The monoisotopic (exact) mass is 469 g/mol. The van der Waals surface area contributed by atoms with Crippen molar-refractivity contribution in [2.24, 2.45) is 0 Å². The van der Waals surface area contributed by atoms with Crippen LogP contribution in [0.15, 0.2) is 52.2 Å². The zero-order chi connectivity index (χ0) is 22.5. The Kier molecular flexibility index (Phi) is 6.71. The van der Waals surface area contributed by atoms with Gasteiger partial charge >= 0.3 is 0 Å². The maximum Gasteiger partial charge on any atom is 0.230 e. The Morgan fingerprint density at radius 3 is 2.76 bits per heavy atom. The van der Waals surface area contributed by atoms with Crippen LogP contribution in [0.3, 0.4) is 0 Å². The molecule has 1 N–H and O–H groups in total. The second-order valence-electron chi connectivity index (χ2n) is 8.09. The highest BCUT2D eigenvalue weighted by molar-refractivity contribution is 7.99. The molecule has 1 saturated heterocycles. The highest BCUT2D eigenvalue weighted by Gasteiger charge is 2.23. The first kappa shape index (κ1) is 21.7. The summed E-state index contributed by atoms with van der Waals surface area (Å²) >= 11 is 1.37. The molecule has 174 valence electrons. The number of carbonyl (C=O) groups excluding carboxylic acids is 1. The van der Waals surface area contributed by atoms with Gasteiger partial charge in [-0.25, -0.2) is 0 Å². The minimum absolute atomic E-state index is 0.0884. The van der Waals surface area contributed by atoms with E-state index in [4.69, 9.17) is 13.9 Å². The minimum Gasteiger partial charge on any atom is -0.486 e. The SMILES string of the molecule is O=C(CSc1nnc(N2CCCCC2)n1Cc1ccco1)NCC1COc2ccccc2O1. The Hall–Kier alpha value is -3.14. The number of ether oxygens (including phenoxy) is 2. The maximum absolute atomic E-state index is 12.5. The number of aromatic nitrogens is 3. The third-order valence-corrected chi connectivity index (χ3v) is 6.62. The molecule has 0 saturated carbocycles. The van der Waals surface area contributed by atoms with Gasteiger partial charge in [-0.3, -0.25) is 9.36 Å². The number of carbonyl (C=O) groups is 1. The molecule has 33 heavy (non-hydrogen) atoms. The molecule has 10 heteroatoms. The van der Waals surface area contributed by atoms with Crippen LogP contribution >= 0.6 is 11.8 Å². The van der Waals surface area contributed by atoms with Crippen LogP contribution in [-0.4, -0.2) is 58.8 Å². The van der Waals surface area contributed by atoms with E-state index in [0.29, 0.717) is 30.6 Å². The molecule has 1 aromatic carbocycles. The Bertz CT molecular complexity index is 1060. The zero-order valence-electron chi connectivity index (χ0n) is 18.3. The molecule has 1 fully saturated rings. The summed E-state index contributed by atoms with van der Waals surface area (Å²) in [7, 11) is 0. The predicted molar refractivity (Wildman–Crippen MR) is 124 cm³/mol. The molecule has 9 nitrogen and oxygen atoms in total. The van der Waals surface area contributed by atoms with Crippen molar-refractivity contribution < 1.29 is 18.7 Å². The van der Waals surface area contributed by atoms with Crippen LogP contribution in [0, 0.1) is 0 Å². The van der Waals surface area contributed by atoms with Gasteiger partial charge in [0.25, 0.3) is 0 Å². The molecule has 2 aliphatic heterocycles. The molecule has 1 unspecified atom stereocenters. The molecule has 4 heterocycles. The Morgan fingerprint density at radius 2 is 1.94 bits per heavy atom. The van der Waals surface area contributed by atoms with Crippen molar-refractivity contribution in [2.75, 3.05) is 36.9 Å². The van der Waals surface area contributed by atoms with Crippen LogP contribution in [-0.2, 0) is 11.3 Å². The maximum atomic E-state index is 12.5. The fourth-order valence-corrected chi connectivity index (χ4v) is 4.75. The zero-order valence-corrected chi connectivity index (χ0v) is 19.1. The molecule has 0 spiro atoms. The van der Waals surface area contributed by atoms with Gasteiger partial charge in [-0.15, -0.1) is 10.2 Å². The first-order valence-corrected chi connectivity index (χ1v) is 12.2. The number of para-hydroxylation sites is 2. The van der Waals surface area contributed by atoms with Crippen molar-refractivity contribution in [3.8, 4) is 11.5 Å². The molecule has 1 atom stereocenters. The number of hydrogen-bond acceptors (Lipinski definition) is 8. The fourth-order valence-electron chi connectivity index (χ4n) is 3.98. The second-order valence-corrected chi connectivity index (χ2v) is 9.03. The first-order valence-electron chi connectivity index (χ1n) is 11.2. The Balaban J connectivity index is 1.18. The summed E-state index contributed by atoms with van der Waals surface area (Å²) in [6.07, 6.45) is 4.98. The van der Waals surface area contributed by atoms with Gasteiger partial charge in [0.15, 0.2) is 16.7 Å². The van der Waals surface area contributed by atoms with Crippen molar-refractivity contribution in [2.45, 2.75) is 37.1 Å². The molecule has 0 aliphatic carbocycles. The van der Waals surface area contributed by atoms with Crippen molar-refractivity contribution in [3.05, 3.63) is 48.4 Å². The summed E-state index contributed by atoms with van der Waals surface area (Å²) in [4.78, 5) is 14.8. The van der Waals surface area contributed by atoms with Crippen LogP contribution in [0.4, 0.5) is 5.95 Å². The number of piperidine rings is 1. The number of amides is 1. The summed E-state index contributed by atoms with van der Waals surface area (Å²) in [6, 6.07) is 11.4. The molecule has 2 aliphatic rings. The average molecular weight is 470 g/mol.